The van der Waals surface area contributed by atoms with Crippen molar-refractivity contribution in [2.24, 2.45) is 0 Å². The van der Waals surface area contributed by atoms with Crippen molar-refractivity contribution in [3.63, 3.8) is 0 Å². The number of piperidine rings is 1. The highest BCUT2D eigenvalue weighted by molar-refractivity contribution is 6.76. The van der Waals surface area contributed by atoms with Gasteiger partial charge >= 0.3 is 0 Å². The molecule has 232 valence electrons. The number of nitrogens with one attached hydrogen (secondary N) is 1. The maximum absolute atomic E-state index is 14.4. The van der Waals surface area contributed by atoms with Gasteiger partial charge in [-0.3, -0.25) is 14.4 Å². The van der Waals surface area contributed by atoms with E-state index in [9.17, 15) is 23.2 Å². The van der Waals surface area contributed by atoms with Gasteiger partial charge in [-0.2, -0.15) is 5.10 Å². The summed E-state index contributed by atoms with van der Waals surface area (Å²) in [5.41, 5.74) is 1.50. The fourth-order valence-corrected chi connectivity index (χ4v) is 6.83. The first-order chi connectivity index (χ1) is 20.2. The molecule has 1 aromatic carbocycles. The van der Waals surface area contributed by atoms with Crippen molar-refractivity contribution in [2.75, 3.05) is 19.7 Å². The van der Waals surface area contributed by atoms with E-state index in [0.29, 0.717) is 49.1 Å². The van der Waals surface area contributed by atoms with Crippen LogP contribution in [0, 0.1) is 0 Å². The summed E-state index contributed by atoms with van der Waals surface area (Å²) in [6.45, 7) is 11.9. The van der Waals surface area contributed by atoms with Crippen molar-refractivity contribution in [3.8, 4) is 0 Å². The first kappa shape index (κ1) is 31.1. The molecule has 2 amide bonds. The van der Waals surface area contributed by atoms with Crippen molar-refractivity contribution in [1.29, 1.82) is 0 Å². The Kier molecular flexibility index (Phi) is 8.63. The molecule has 12 heteroatoms. The minimum atomic E-state index is -2.88. The summed E-state index contributed by atoms with van der Waals surface area (Å²) in [4.78, 5) is 41.2. The Balaban J connectivity index is 1.46. The number of nitrogens with zero attached hydrogens (tertiary/aromatic N) is 4. The molecular weight excluding hydrogens is 572 g/mol. The van der Waals surface area contributed by atoms with Crippen LogP contribution in [0.1, 0.15) is 72.2 Å². The van der Waals surface area contributed by atoms with E-state index in [0.717, 1.165) is 6.04 Å². The standard InChI is InChI=1S/C31H41F2N5O4Si/c1-20(23-7-6-8-27-24(23)9-12-31(27,32)33)34-29(40)25-18-38(22-10-13-36(14-11-22)21(2)39)30(41)26-17-37(35-28(25)26)19-42-15-16-43(3,4)5/h6-8,17-18,20,22H,9-16,19H2,1-5H3,(H,34,40)/t20-/m1/s1. The van der Waals surface area contributed by atoms with Gasteiger partial charge in [0.25, 0.3) is 17.4 Å². The third kappa shape index (κ3) is 6.59. The number of ether oxygens (including phenoxy) is 1. The molecule has 3 aromatic rings. The fourth-order valence-electron chi connectivity index (χ4n) is 6.07. The molecule has 0 unspecified atom stereocenters. The molecule has 1 aliphatic heterocycles. The fraction of sp³-hybridized carbons (Fsp3) is 0.548. The quantitative estimate of drug-likeness (QED) is 0.264. The molecule has 0 bridgehead atoms. The highest BCUT2D eigenvalue weighted by atomic mass is 28.3. The molecule has 5 rings (SSSR count). The number of hydrogen-bond donors (Lipinski definition) is 1. The second-order valence-electron chi connectivity index (χ2n) is 13.0. The van der Waals surface area contributed by atoms with Crippen LogP contribution in [0.3, 0.4) is 0 Å². The Bertz CT molecular complexity index is 1590. The number of halogens is 2. The number of fused-ring (bicyclic) bond motifs is 2. The van der Waals surface area contributed by atoms with Crippen LogP contribution in [0.2, 0.25) is 25.7 Å². The minimum Gasteiger partial charge on any atom is -0.360 e. The van der Waals surface area contributed by atoms with Crippen LogP contribution < -0.4 is 10.9 Å². The van der Waals surface area contributed by atoms with Crippen LogP contribution in [0.5, 0.6) is 0 Å². The van der Waals surface area contributed by atoms with Gasteiger partial charge in [-0.25, -0.2) is 13.5 Å². The van der Waals surface area contributed by atoms with E-state index in [1.54, 1.807) is 45.6 Å². The highest BCUT2D eigenvalue weighted by Gasteiger charge is 2.40. The van der Waals surface area contributed by atoms with E-state index >= 15 is 0 Å². The molecule has 0 radical (unpaired) electrons. The average Bonchev–Trinajstić information content (AvgIpc) is 3.52. The summed E-state index contributed by atoms with van der Waals surface area (Å²) in [6, 6.07) is 5.09. The number of hydrogen-bond acceptors (Lipinski definition) is 5. The SMILES string of the molecule is CC(=O)N1CCC(n2cc(C(=O)N[C@H](C)c3cccc4c3CCC4(F)F)c3nn(COCC[Si](C)(C)C)cc3c2=O)CC1. The predicted molar refractivity (Wildman–Crippen MR) is 163 cm³/mol. The van der Waals surface area contributed by atoms with Crippen LogP contribution in [0.25, 0.3) is 10.9 Å². The van der Waals surface area contributed by atoms with Gasteiger partial charge in [-0.15, -0.1) is 0 Å². The summed E-state index contributed by atoms with van der Waals surface area (Å²) < 4.78 is 37.8. The minimum absolute atomic E-state index is 0.00383. The largest absolute Gasteiger partial charge is 0.360 e. The van der Waals surface area contributed by atoms with E-state index < -0.39 is 25.9 Å². The number of pyridine rings is 1. The van der Waals surface area contributed by atoms with Crippen molar-refractivity contribution < 1.29 is 23.1 Å². The first-order valence-corrected chi connectivity index (χ1v) is 18.7. The van der Waals surface area contributed by atoms with E-state index in [1.807, 2.05) is 0 Å². The van der Waals surface area contributed by atoms with Gasteiger partial charge in [0.15, 0.2) is 0 Å². The number of alkyl halides is 2. The smallest absolute Gasteiger partial charge is 0.273 e. The second kappa shape index (κ2) is 12.0. The van der Waals surface area contributed by atoms with Crippen LogP contribution in [0.15, 0.2) is 35.4 Å². The van der Waals surface area contributed by atoms with Gasteiger partial charge in [0.1, 0.15) is 12.2 Å². The van der Waals surface area contributed by atoms with Crippen molar-refractivity contribution in [2.45, 2.75) is 90.0 Å². The molecule has 1 aliphatic carbocycles. The van der Waals surface area contributed by atoms with Gasteiger partial charge in [0.05, 0.1) is 17.0 Å². The van der Waals surface area contributed by atoms with Crippen molar-refractivity contribution >= 4 is 30.8 Å². The number of likely N-dealkylation sites (tertiary alicyclic amines) is 1. The first-order valence-electron chi connectivity index (χ1n) is 15.0. The van der Waals surface area contributed by atoms with E-state index in [-0.39, 0.29) is 53.7 Å². The van der Waals surface area contributed by atoms with E-state index in [2.05, 4.69) is 30.1 Å². The Morgan fingerprint density at radius 3 is 2.58 bits per heavy atom. The molecule has 1 atom stereocenters. The number of benzene rings is 1. The molecule has 3 heterocycles. The zero-order chi connectivity index (χ0) is 31.1. The van der Waals surface area contributed by atoms with Gasteiger partial charge in [0.2, 0.25) is 5.91 Å². The van der Waals surface area contributed by atoms with Crippen LogP contribution in [0.4, 0.5) is 8.78 Å². The Hall–Kier alpha value is -3.38. The average molecular weight is 614 g/mol. The highest BCUT2D eigenvalue weighted by Crippen LogP contribution is 2.43. The van der Waals surface area contributed by atoms with Crippen LogP contribution in [-0.4, -0.2) is 58.8 Å². The van der Waals surface area contributed by atoms with Gasteiger partial charge in [-0.05, 0) is 43.4 Å². The Labute approximate surface area is 251 Å². The Morgan fingerprint density at radius 2 is 1.91 bits per heavy atom. The lowest BCUT2D eigenvalue weighted by Crippen LogP contribution is -2.40. The van der Waals surface area contributed by atoms with E-state index in [4.69, 9.17) is 4.74 Å². The van der Waals surface area contributed by atoms with Crippen molar-refractivity contribution in [3.05, 3.63) is 63.2 Å². The molecule has 43 heavy (non-hydrogen) atoms. The summed E-state index contributed by atoms with van der Waals surface area (Å²) in [7, 11) is -1.28. The number of rotatable bonds is 9. The number of aromatic nitrogens is 3. The molecule has 1 N–H and O–H groups in total. The second-order valence-corrected chi connectivity index (χ2v) is 18.7. The normalized spacial score (nSPS) is 17.7. The molecule has 9 nitrogen and oxygen atoms in total. The van der Waals surface area contributed by atoms with Crippen molar-refractivity contribution in [1.82, 2.24) is 24.6 Å². The number of carbonyl (C=O) groups excluding carboxylic acids is 2. The lowest BCUT2D eigenvalue weighted by atomic mass is 9.97. The Morgan fingerprint density at radius 1 is 1.19 bits per heavy atom. The molecule has 1 fully saturated rings. The number of carbonyl (C=O) groups is 2. The van der Waals surface area contributed by atoms with Crippen LogP contribution in [-0.2, 0) is 28.6 Å². The maximum atomic E-state index is 14.4. The molecule has 2 aromatic heterocycles. The summed E-state index contributed by atoms with van der Waals surface area (Å²) in [5, 5.41) is 7.88. The lowest BCUT2D eigenvalue weighted by Gasteiger charge is -2.32. The van der Waals surface area contributed by atoms with Gasteiger partial charge in [0, 0.05) is 65.1 Å². The zero-order valence-electron chi connectivity index (χ0n) is 25.6. The molecule has 1 saturated heterocycles. The maximum Gasteiger partial charge on any atom is 0.273 e. The molecular formula is C31H41F2N5O4Si. The monoisotopic (exact) mass is 613 g/mol. The van der Waals surface area contributed by atoms with Gasteiger partial charge < -0.3 is 19.5 Å². The molecule has 2 aliphatic rings. The van der Waals surface area contributed by atoms with Crippen LogP contribution >= 0.6 is 0 Å². The number of amides is 2. The van der Waals surface area contributed by atoms with E-state index in [1.165, 1.54) is 13.0 Å². The predicted octanol–water partition coefficient (Wildman–Crippen LogP) is 5.22. The third-order valence-electron chi connectivity index (χ3n) is 8.63. The zero-order valence-corrected chi connectivity index (χ0v) is 26.6. The van der Waals surface area contributed by atoms with Gasteiger partial charge in [-0.1, -0.05) is 37.8 Å². The molecule has 0 spiro atoms. The summed E-state index contributed by atoms with van der Waals surface area (Å²) >= 11 is 0. The summed E-state index contributed by atoms with van der Waals surface area (Å²) in [5.74, 6) is -3.32. The third-order valence-corrected chi connectivity index (χ3v) is 10.3. The topological polar surface area (TPSA) is 98.5 Å². The lowest BCUT2D eigenvalue weighted by molar-refractivity contribution is -0.130. The summed E-state index contributed by atoms with van der Waals surface area (Å²) in [6.07, 6.45) is 4.36. The molecule has 0 saturated carbocycles.